The fourth-order valence-corrected chi connectivity index (χ4v) is 4.18. The Morgan fingerprint density at radius 3 is 2.77 bits per heavy atom. The van der Waals surface area contributed by atoms with E-state index in [1.807, 2.05) is 49.6 Å². The zero-order valence-corrected chi connectivity index (χ0v) is 16.5. The number of rotatable bonds is 7. The molecule has 0 spiro atoms. The van der Waals surface area contributed by atoms with E-state index in [-0.39, 0.29) is 17.2 Å². The molecule has 1 amide bonds. The van der Waals surface area contributed by atoms with Crippen LogP contribution in [0.1, 0.15) is 24.5 Å². The average molecular weight is 388 g/mol. The van der Waals surface area contributed by atoms with Crippen LogP contribution in [-0.4, -0.2) is 21.2 Å². The zero-order chi connectivity index (χ0) is 18.5. The van der Waals surface area contributed by atoms with Gasteiger partial charge in [-0.25, -0.2) is 4.98 Å². The first-order chi connectivity index (χ1) is 12.6. The van der Waals surface area contributed by atoms with Crippen molar-refractivity contribution in [1.82, 2.24) is 14.9 Å². The summed E-state index contributed by atoms with van der Waals surface area (Å²) in [6.07, 6.45) is 0.839. The van der Waals surface area contributed by atoms with E-state index in [9.17, 15) is 9.59 Å². The van der Waals surface area contributed by atoms with Crippen LogP contribution in [0.5, 0.6) is 0 Å². The Kier molecular flexibility index (Phi) is 6.11. The third-order valence-electron chi connectivity index (χ3n) is 3.92. The molecule has 0 saturated carbocycles. The molecule has 0 fully saturated rings. The zero-order valence-electron chi connectivity index (χ0n) is 14.8. The minimum absolute atomic E-state index is 0.0191. The van der Waals surface area contributed by atoms with Gasteiger partial charge in [0.25, 0.3) is 5.56 Å². The lowest BCUT2D eigenvalue weighted by atomic mass is 10.1. The largest absolute Gasteiger partial charge is 0.351 e. The minimum Gasteiger partial charge on any atom is -0.351 e. The van der Waals surface area contributed by atoms with Crippen LogP contribution in [0.2, 0.25) is 0 Å². The minimum atomic E-state index is -0.0710. The van der Waals surface area contributed by atoms with Gasteiger partial charge in [-0.3, -0.25) is 14.2 Å². The number of aromatic nitrogens is 2. The monoisotopic (exact) mass is 387 g/mol. The predicted molar refractivity (Wildman–Crippen MR) is 108 cm³/mol. The van der Waals surface area contributed by atoms with E-state index in [0.29, 0.717) is 28.5 Å². The van der Waals surface area contributed by atoms with E-state index >= 15 is 0 Å². The highest BCUT2D eigenvalue weighted by Gasteiger charge is 2.13. The molecule has 7 heteroatoms. The number of carbonyl (C=O) groups is 1. The number of hydrogen-bond acceptors (Lipinski definition) is 5. The Morgan fingerprint density at radius 1 is 1.27 bits per heavy atom. The second kappa shape index (κ2) is 8.51. The molecule has 2 heterocycles. The number of carbonyl (C=O) groups excluding carboxylic acids is 1. The molecule has 1 aromatic carbocycles. The highest BCUT2D eigenvalue weighted by atomic mass is 32.2. The Bertz CT molecular complexity index is 961. The van der Waals surface area contributed by atoms with E-state index in [2.05, 4.69) is 10.3 Å². The second-order valence-electron chi connectivity index (χ2n) is 6.04. The van der Waals surface area contributed by atoms with Gasteiger partial charge in [-0.1, -0.05) is 48.5 Å². The summed E-state index contributed by atoms with van der Waals surface area (Å²) in [6.45, 7) is 5.16. The second-order valence-corrected chi connectivity index (χ2v) is 7.90. The summed E-state index contributed by atoms with van der Waals surface area (Å²) in [5.41, 5.74) is 2.94. The van der Waals surface area contributed by atoms with Gasteiger partial charge in [-0.05, 0) is 30.4 Å². The number of hydrogen-bond donors (Lipinski definition) is 1. The smallest absolute Gasteiger partial charge is 0.272 e. The fourth-order valence-electron chi connectivity index (χ4n) is 2.54. The maximum absolute atomic E-state index is 12.6. The number of nitrogens with zero attached hydrogens (tertiary/aromatic N) is 2. The molecule has 5 nitrogen and oxygen atoms in total. The maximum Gasteiger partial charge on any atom is 0.272 e. The van der Waals surface area contributed by atoms with Gasteiger partial charge in [-0.15, -0.1) is 11.3 Å². The van der Waals surface area contributed by atoms with E-state index < -0.39 is 0 Å². The number of amides is 1. The van der Waals surface area contributed by atoms with Crippen molar-refractivity contribution in [2.24, 2.45) is 0 Å². The topological polar surface area (TPSA) is 64.0 Å². The van der Waals surface area contributed by atoms with Crippen LogP contribution in [0, 0.1) is 6.92 Å². The highest BCUT2D eigenvalue weighted by molar-refractivity contribution is 7.99. The van der Waals surface area contributed by atoms with E-state index in [1.54, 1.807) is 4.57 Å². The van der Waals surface area contributed by atoms with Crippen molar-refractivity contribution in [3.63, 3.8) is 0 Å². The van der Waals surface area contributed by atoms with Crippen molar-refractivity contribution in [1.29, 1.82) is 0 Å². The summed E-state index contributed by atoms with van der Waals surface area (Å²) in [7, 11) is 0. The molecule has 136 valence electrons. The van der Waals surface area contributed by atoms with Crippen LogP contribution in [0.3, 0.4) is 0 Å². The van der Waals surface area contributed by atoms with Crippen molar-refractivity contribution in [3.05, 3.63) is 57.2 Å². The van der Waals surface area contributed by atoms with Gasteiger partial charge in [0.2, 0.25) is 5.91 Å². The normalized spacial score (nSPS) is 11.0. The predicted octanol–water partition coefficient (Wildman–Crippen LogP) is 3.58. The number of benzene rings is 1. The molecule has 0 aliphatic heterocycles. The Morgan fingerprint density at radius 2 is 2.04 bits per heavy atom. The molecular weight excluding hydrogens is 366 g/mol. The van der Waals surface area contributed by atoms with Gasteiger partial charge >= 0.3 is 0 Å². The molecule has 0 unspecified atom stereocenters. The number of nitrogens with one attached hydrogen (secondary N) is 1. The summed E-state index contributed by atoms with van der Waals surface area (Å²) in [4.78, 5) is 29.4. The lowest BCUT2D eigenvalue weighted by Gasteiger charge is -2.11. The van der Waals surface area contributed by atoms with Crippen LogP contribution < -0.4 is 10.9 Å². The van der Waals surface area contributed by atoms with Crippen LogP contribution >= 0.6 is 23.1 Å². The first-order valence-electron chi connectivity index (χ1n) is 8.51. The first kappa shape index (κ1) is 18.7. The molecule has 0 aliphatic rings. The maximum atomic E-state index is 12.6. The summed E-state index contributed by atoms with van der Waals surface area (Å²) in [6, 6.07) is 9.92. The van der Waals surface area contributed by atoms with Gasteiger partial charge < -0.3 is 5.32 Å². The SMILES string of the molecule is CCCn1c(SCC(=O)NCc2ccc(C)cc2)nc2ccsc2c1=O. The number of thioether (sulfide) groups is 1. The third kappa shape index (κ3) is 4.34. The summed E-state index contributed by atoms with van der Waals surface area (Å²) in [5.74, 6) is 0.163. The Hall–Kier alpha value is -2.12. The average Bonchev–Trinajstić information content (AvgIpc) is 3.11. The van der Waals surface area contributed by atoms with Crippen LogP contribution in [0.25, 0.3) is 10.2 Å². The summed E-state index contributed by atoms with van der Waals surface area (Å²) < 4.78 is 2.35. The van der Waals surface area contributed by atoms with Gasteiger partial charge in [0.05, 0.1) is 11.3 Å². The van der Waals surface area contributed by atoms with Crippen molar-refractivity contribution < 1.29 is 4.79 Å². The van der Waals surface area contributed by atoms with Crippen LogP contribution in [0.4, 0.5) is 0 Å². The third-order valence-corrected chi connectivity index (χ3v) is 5.79. The standard InChI is InChI=1S/C19H21N3O2S2/c1-3-9-22-18(24)17-15(8-10-25-17)21-19(22)26-12-16(23)20-11-14-6-4-13(2)5-7-14/h4-8,10H,3,9,11-12H2,1-2H3,(H,20,23). The van der Waals surface area contributed by atoms with Gasteiger partial charge in [0, 0.05) is 13.1 Å². The first-order valence-corrected chi connectivity index (χ1v) is 10.4. The van der Waals surface area contributed by atoms with Crippen molar-refractivity contribution >= 4 is 39.2 Å². The van der Waals surface area contributed by atoms with Crippen molar-refractivity contribution in [2.45, 2.75) is 38.5 Å². The van der Waals surface area contributed by atoms with Crippen LogP contribution in [0.15, 0.2) is 45.7 Å². The molecular formula is C19H21N3O2S2. The van der Waals surface area contributed by atoms with Gasteiger partial charge in [0.1, 0.15) is 4.70 Å². The molecule has 3 rings (SSSR count). The summed E-state index contributed by atoms with van der Waals surface area (Å²) in [5, 5.41) is 5.39. The van der Waals surface area contributed by atoms with Crippen LogP contribution in [-0.2, 0) is 17.9 Å². The molecule has 1 N–H and O–H groups in total. The van der Waals surface area contributed by atoms with Crippen molar-refractivity contribution in [3.8, 4) is 0 Å². The lowest BCUT2D eigenvalue weighted by Crippen LogP contribution is -2.26. The molecule has 3 aromatic rings. The Balaban J connectivity index is 1.66. The van der Waals surface area contributed by atoms with Gasteiger partial charge in [0.15, 0.2) is 5.16 Å². The molecule has 0 saturated heterocycles. The molecule has 0 radical (unpaired) electrons. The molecule has 0 atom stereocenters. The van der Waals surface area contributed by atoms with Gasteiger partial charge in [-0.2, -0.15) is 0 Å². The number of fused-ring (bicyclic) bond motifs is 1. The summed E-state index contributed by atoms with van der Waals surface area (Å²) >= 11 is 2.72. The quantitative estimate of drug-likeness (QED) is 0.497. The van der Waals surface area contributed by atoms with E-state index in [4.69, 9.17) is 0 Å². The molecule has 26 heavy (non-hydrogen) atoms. The van der Waals surface area contributed by atoms with Crippen molar-refractivity contribution in [2.75, 3.05) is 5.75 Å². The molecule has 2 aromatic heterocycles. The lowest BCUT2D eigenvalue weighted by molar-refractivity contribution is -0.118. The highest BCUT2D eigenvalue weighted by Crippen LogP contribution is 2.21. The van der Waals surface area contributed by atoms with E-state index in [1.165, 1.54) is 28.7 Å². The molecule has 0 bridgehead atoms. The number of aryl methyl sites for hydroxylation is 1. The molecule has 0 aliphatic carbocycles. The number of thiophene rings is 1. The fraction of sp³-hybridized carbons (Fsp3) is 0.316. The van der Waals surface area contributed by atoms with E-state index in [0.717, 1.165) is 12.0 Å². The Labute approximate surface area is 160 Å².